The second-order valence-electron chi connectivity index (χ2n) is 1.56. The van der Waals surface area contributed by atoms with E-state index in [9.17, 15) is 0 Å². The zero-order chi connectivity index (χ0) is 4.28. The van der Waals surface area contributed by atoms with Crippen molar-refractivity contribution in [3.05, 3.63) is 5.92 Å². The van der Waals surface area contributed by atoms with Gasteiger partial charge in [-0.3, -0.25) is 0 Å². The Labute approximate surface area is 35.7 Å². The summed E-state index contributed by atoms with van der Waals surface area (Å²) in [5.41, 5.74) is 0. The van der Waals surface area contributed by atoms with E-state index in [1.165, 1.54) is 12.3 Å². The van der Waals surface area contributed by atoms with Gasteiger partial charge in [-0.2, -0.15) is 0 Å². The van der Waals surface area contributed by atoms with Crippen molar-refractivity contribution in [2.24, 2.45) is 0 Å². The lowest BCUT2D eigenvalue weighted by molar-refractivity contribution is 0.923. The van der Waals surface area contributed by atoms with Crippen molar-refractivity contribution in [2.75, 3.05) is 0 Å². The summed E-state index contributed by atoms with van der Waals surface area (Å²) in [6, 6.07) is 0. The zero-order valence-corrected chi connectivity index (χ0v) is 4.21. The minimum atomic E-state index is 0. The number of rotatable bonds is 1. The minimum absolute atomic E-state index is 0. The predicted molar refractivity (Wildman–Crippen MR) is 26.0 cm³/mol. The van der Waals surface area contributed by atoms with Crippen LogP contribution in [0.15, 0.2) is 0 Å². The first-order valence-electron chi connectivity index (χ1n) is 2.06. The average molecular weight is 72.2 g/mol. The fourth-order valence-corrected chi connectivity index (χ4v) is 0. The third-order valence-electron chi connectivity index (χ3n) is 0.707. The molecule has 0 aromatic heterocycles. The summed E-state index contributed by atoms with van der Waals surface area (Å²) >= 11 is 0. The maximum atomic E-state index is 2.16. The van der Waals surface area contributed by atoms with Crippen LogP contribution in [-0.2, 0) is 0 Å². The molecule has 0 spiro atoms. The third-order valence-corrected chi connectivity index (χ3v) is 0.707. The van der Waals surface area contributed by atoms with E-state index >= 15 is 0 Å². The van der Waals surface area contributed by atoms with Crippen molar-refractivity contribution >= 4 is 0 Å². The predicted octanol–water partition coefficient (Wildman–Crippen LogP) is 2.12. The summed E-state index contributed by atoms with van der Waals surface area (Å²) in [5, 5.41) is 0. The summed E-state index contributed by atoms with van der Waals surface area (Å²) in [5.74, 6) is 1.50. The van der Waals surface area contributed by atoms with Gasteiger partial charge in [-0.1, -0.05) is 27.2 Å². The van der Waals surface area contributed by atoms with Gasteiger partial charge in [0.1, 0.15) is 0 Å². The highest BCUT2D eigenvalue weighted by Crippen LogP contribution is 1.97. The van der Waals surface area contributed by atoms with E-state index in [4.69, 9.17) is 0 Å². The Morgan fingerprint density at radius 3 is 1.80 bits per heavy atom. The van der Waals surface area contributed by atoms with Crippen LogP contribution in [0.4, 0.5) is 0 Å². The fourth-order valence-electron chi connectivity index (χ4n) is 0. The van der Waals surface area contributed by atoms with Crippen molar-refractivity contribution in [1.82, 2.24) is 0 Å². The third kappa shape index (κ3) is 4.00. The van der Waals surface area contributed by atoms with Crippen LogP contribution in [0.1, 0.15) is 28.6 Å². The molecule has 0 aliphatic rings. The summed E-state index contributed by atoms with van der Waals surface area (Å²) in [6.07, 6.45) is 1.22. The van der Waals surface area contributed by atoms with E-state index in [0.29, 0.717) is 0 Å². The van der Waals surface area contributed by atoms with E-state index in [1.807, 2.05) is 0 Å². The Morgan fingerprint density at radius 2 is 1.80 bits per heavy atom. The molecule has 0 atom stereocenters. The largest absolute Gasteiger partial charge is 1.00 e. The molecule has 0 aromatic rings. The quantitative estimate of drug-likeness (QED) is 0.445. The van der Waals surface area contributed by atoms with Gasteiger partial charge >= 0.3 is 1.43 Å². The topological polar surface area (TPSA) is 0 Å². The molecule has 0 aromatic carbocycles. The van der Waals surface area contributed by atoms with Crippen molar-refractivity contribution in [3.63, 3.8) is 0 Å². The van der Waals surface area contributed by atoms with E-state index < -0.39 is 0 Å². The van der Waals surface area contributed by atoms with Gasteiger partial charge in [-0.05, 0) is 5.92 Å². The molecule has 0 N–H and O–H groups in total. The van der Waals surface area contributed by atoms with E-state index in [-0.39, 0.29) is 1.43 Å². The molecule has 0 saturated heterocycles. The maximum Gasteiger partial charge on any atom is 1.00 e. The molecule has 0 unspecified atom stereocenters. The standard InChI is InChI=1S/C5H11/c1-4-5(2)3/h4H2,1-3H3/p+1. The Balaban J connectivity index is 0. The summed E-state index contributed by atoms with van der Waals surface area (Å²) in [6.45, 7) is 6.44. The molecule has 0 heteroatoms. The molecule has 31 valence electrons. The highest BCUT2D eigenvalue weighted by Gasteiger charge is 1.80. The zero-order valence-electron chi connectivity index (χ0n) is 5.21. The first-order valence-corrected chi connectivity index (χ1v) is 2.06. The molecule has 0 nitrogen and oxygen atoms in total. The molecule has 0 amide bonds. The molecule has 0 aliphatic heterocycles. The van der Waals surface area contributed by atoms with Crippen LogP contribution in [0, 0.1) is 5.92 Å². The Kier molecular flexibility index (Phi) is 2.25. The van der Waals surface area contributed by atoms with Crippen LogP contribution in [-0.4, -0.2) is 0 Å². The highest BCUT2D eigenvalue weighted by molar-refractivity contribution is 4.72. The smallest absolute Gasteiger partial charge is 0.0649 e. The lowest BCUT2D eigenvalue weighted by Gasteiger charge is -1.89. The normalized spacial score (nSPS) is 9.60. The van der Waals surface area contributed by atoms with Crippen LogP contribution >= 0.6 is 0 Å². The van der Waals surface area contributed by atoms with Crippen LogP contribution in [0.25, 0.3) is 0 Å². The van der Waals surface area contributed by atoms with Crippen LogP contribution < -0.4 is 0 Å². The van der Waals surface area contributed by atoms with Crippen molar-refractivity contribution in [2.45, 2.75) is 27.2 Å². The molecule has 0 fully saturated rings. The molecule has 0 bridgehead atoms. The van der Waals surface area contributed by atoms with E-state index in [2.05, 4.69) is 20.8 Å². The lowest BCUT2D eigenvalue weighted by Crippen LogP contribution is -1.73. The molecule has 5 heavy (non-hydrogen) atoms. The SMILES string of the molecule is CC[C](C)C.[H+]. The number of hydrogen-bond donors (Lipinski definition) is 0. The van der Waals surface area contributed by atoms with Gasteiger partial charge < -0.3 is 0 Å². The van der Waals surface area contributed by atoms with Gasteiger partial charge in [0, 0.05) is 0 Å². The summed E-state index contributed by atoms with van der Waals surface area (Å²) < 4.78 is 0. The van der Waals surface area contributed by atoms with Crippen LogP contribution in [0.2, 0.25) is 0 Å². The molecule has 0 saturated carbocycles. The van der Waals surface area contributed by atoms with Gasteiger partial charge in [0.2, 0.25) is 0 Å². The Morgan fingerprint density at radius 1 is 1.60 bits per heavy atom. The second kappa shape index (κ2) is 2.25. The summed E-state index contributed by atoms with van der Waals surface area (Å²) in [7, 11) is 0. The molecular formula is C5H12+. The molecule has 0 aliphatic carbocycles. The van der Waals surface area contributed by atoms with Gasteiger partial charge in [0.05, 0.1) is 0 Å². The van der Waals surface area contributed by atoms with Crippen LogP contribution in [0.3, 0.4) is 0 Å². The van der Waals surface area contributed by atoms with Gasteiger partial charge in [0.25, 0.3) is 0 Å². The fraction of sp³-hybridized carbons (Fsp3) is 0.800. The first-order chi connectivity index (χ1) is 2.27. The van der Waals surface area contributed by atoms with Gasteiger partial charge in [-0.15, -0.1) is 0 Å². The Bertz CT molecular complexity index is 17.9. The van der Waals surface area contributed by atoms with Crippen molar-refractivity contribution in [3.8, 4) is 0 Å². The minimum Gasteiger partial charge on any atom is -0.0649 e. The van der Waals surface area contributed by atoms with Crippen molar-refractivity contribution in [1.29, 1.82) is 0 Å². The second-order valence-corrected chi connectivity index (χ2v) is 1.56. The molecule has 0 heterocycles. The molecule has 1 radical (unpaired) electrons. The van der Waals surface area contributed by atoms with E-state index in [1.54, 1.807) is 0 Å². The molecule has 0 rings (SSSR count). The monoisotopic (exact) mass is 72.1 g/mol. The van der Waals surface area contributed by atoms with Crippen molar-refractivity contribution < 1.29 is 1.43 Å². The maximum absolute atomic E-state index is 2.16. The summed E-state index contributed by atoms with van der Waals surface area (Å²) in [4.78, 5) is 0. The lowest BCUT2D eigenvalue weighted by atomic mass is 10.2. The van der Waals surface area contributed by atoms with Crippen LogP contribution in [0.5, 0.6) is 0 Å². The van der Waals surface area contributed by atoms with Gasteiger partial charge in [0.15, 0.2) is 0 Å². The number of hydrogen-bond acceptors (Lipinski definition) is 0. The average Bonchev–Trinajstić information content (AvgIpc) is 1.38. The highest BCUT2D eigenvalue weighted by atomic mass is 13.9. The first kappa shape index (κ1) is 5.00. The van der Waals surface area contributed by atoms with Gasteiger partial charge in [-0.25, -0.2) is 0 Å². The molecular weight excluding hydrogens is 60.1 g/mol. The Hall–Kier alpha value is 0. The van der Waals surface area contributed by atoms with E-state index in [0.717, 1.165) is 0 Å².